The van der Waals surface area contributed by atoms with Crippen LogP contribution in [0.25, 0.3) is 6.08 Å². The van der Waals surface area contributed by atoms with Crippen LogP contribution in [0.1, 0.15) is 24.8 Å². The van der Waals surface area contributed by atoms with Crippen molar-refractivity contribution in [3.63, 3.8) is 0 Å². The van der Waals surface area contributed by atoms with Gasteiger partial charge in [-0.1, -0.05) is 6.42 Å². The summed E-state index contributed by atoms with van der Waals surface area (Å²) >= 11 is 0. The SMILES string of the molecule is O=C1OCC2CCCCN2C/C1=C\c1ccc([N+](=O)[O-])cc1. The molecule has 116 valence electrons. The summed E-state index contributed by atoms with van der Waals surface area (Å²) in [5.41, 5.74) is 1.42. The lowest BCUT2D eigenvalue weighted by atomic mass is 10.0. The number of nitro groups is 1. The lowest BCUT2D eigenvalue weighted by Crippen LogP contribution is -2.41. The topological polar surface area (TPSA) is 72.7 Å². The summed E-state index contributed by atoms with van der Waals surface area (Å²) in [6.45, 7) is 2.02. The molecule has 0 aromatic heterocycles. The van der Waals surface area contributed by atoms with E-state index in [2.05, 4.69) is 4.90 Å². The third-order valence-corrected chi connectivity index (χ3v) is 4.24. The average molecular weight is 302 g/mol. The number of esters is 1. The maximum absolute atomic E-state index is 12.1. The minimum absolute atomic E-state index is 0.0432. The van der Waals surface area contributed by atoms with Crippen molar-refractivity contribution in [3.8, 4) is 0 Å². The minimum Gasteiger partial charge on any atom is -0.461 e. The zero-order valence-corrected chi connectivity index (χ0v) is 12.2. The fourth-order valence-electron chi connectivity index (χ4n) is 3.00. The van der Waals surface area contributed by atoms with Crippen molar-refractivity contribution < 1.29 is 14.5 Å². The van der Waals surface area contributed by atoms with Crippen LogP contribution in [0.2, 0.25) is 0 Å². The lowest BCUT2D eigenvalue weighted by Gasteiger charge is -2.32. The first kappa shape index (κ1) is 14.7. The van der Waals surface area contributed by atoms with Gasteiger partial charge in [0, 0.05) is 24.7 Å². The molecule has 0 N–H and O–H groups in total. The molecule has 0 radical (unpaired) electrons. The first-order valence-corrected chi connectivity index (χ1v) is 7.50. The smallest absolute Gasteiger partial charge is 0.335 e. The van der Waals surface area contributed by atoms with Gasteiger partial charge in [0.15, 0.2) is 0 Å². The van der Waals surface area contributed by atoms with Crippen LogP contribution in [0.5, 0.6) is 0 Å². The van der Waals surface area contributed by atoms with Crippen LogP contribution in [-0.2, 0) is 9.53 Å². The van der Waals surface area contributed by atoms with Gasteiger partial charge in [0.05, 0.1) is 10.5 Å². The second-order valence-electron chi connectivity index (χ2n) is 5.74. The molecular weight excluding hydrogens is 284 g/mol. The maximum Gasteiger partial charge on any atom is 0.335 e. The number of nitro benzene ring substituents is 1. The highest BCUT2D eigenvalue weighted by Crippen LogP contribution is 2.23. The first-order chi connectivity index (χ1) is 10.6. The van der Waals surface area contributed by atoms with Gasteiger partial charge < -0.3 is 4.74 Å². The lowest BCUT2D eigenvalue weighted by molar-refractivity contribution is -0.384. The summed E-state index contributed by atoms with van der Waals surface area (Å²) in [5.74, 6) is -0.284. The quantitative estimate of drug-likeness (QED) is 0.363. The van der Waals surface area contributed by atoms with Crippen molar-refractivity contribution in [3.05, 3.63) is 45.5 Å². The Morgan fingerprint density at radius 2 is 2.05 bits per heavy atom. The third kappa shape index (κ3) is 3.17. The number of piperidine rings is 1. The molecule has 3 rings (SSSR count). The Morgan fingerprint density at radius 3 is 2.77 bits per heavy atom. The summed E-state index contributed by atoms with van der Waals surface area (Å²) in [7, 11) is 0. The Kier molecular flexibility index (Phi) is 4.20. The molecule has 0 saturated carbocycles. The number of non-ortho nitro benzene ring substituents is 1. The molecule has 6 nitrogen and oxygen atoms in total. The maximum atomic E-state index is 12.1. The van der Waals surface area contributed by atoms with Gasteiger partial charge >= 0.3 is 5.97 Å². The summed E-state index contributed by atoms with van der Waals surface area (Å²) in [5, 5.41) is 10.7. The van der Waals surface area contributed by atoms with E-state index in [0.717, 1.165) is 24.9 Å². The number of nitrogens with zero attached hydrogens (tertiary/aromatic N) is 2. The van der Waals surface area contributed by atoms with E-state index in [9.17, 15) is 14.9 Å². The molecule has 1 atom stereocenters. The van der Waals surface area contributed by atoms with E-state index in [1.807, 2.05) is 0 Å². The van der Waals surface area contributed by atoms with Gasteiger partial charge in [0.2, 0.25) is 0 Å². The third-order valence-electron chi connectivity index (χ3n) is 4.24. The number of fused-ring (bicyclic) bond motifs is 1. The molecule has 2 aliphatic heterocycles. The van der Waals surface area contributed by atoms with Crippen LogP contribution in [0, 0.1) is 10.1 Å². The normalized spacial score (nSPS) is 24.5. The second-order valence-corrected chi connectivity index (χ2v) is 5.74. The Bertz CT molecular complexity index is 609. The second kappa shape index (κ2) is 6.27. The van der Waals surface area contributed by atoms with Gasteiger partial charge in [-0.25, -0.2) is 4.79 Å². The number of benzene rings is 1. The Morgan fingerprint density at radius 1 is 1.27 bits per heavy atom. The molecule has 22 heavy (non-hydrogen) atoms. The van der Waals surface area contributed by atoms with Crippen molar-refractivity contribution in [1.29, 1.82) is 0 Å². The number of ether oxygens (including phenoxy) is 1. The van der Waals surface area contributed by atoms with Crippen LogP contribution in [-0.4, -0.2) is 41.5 Å². The van der Waals surface area contributed by atoms with E-state index in [0.29, 0.717) is 24.8 Å². The van der Waals surface area contributed by atoms with Gasteiger partial charge in [-0.2, -0.15) is 0 Å². The molecule has 0 bridgehead atoms. The van der Waals surface area contributed by atoms with Crippen LogP contribution < -0.4 is 0 Å². The number of cyclic esters (lactones) is 1. The average Bonchev–Trinajstić information content (AvgIpc) is 2.68. The zero-order valence-electron chi connectivity index (χ0n) is 12.2. The van der Waals surface area contributed by atoms with Gasteiger partial charge in [-0.05, 0) is 43.2 Å². The number of carbonyl (C=O) groups excluding carboxylic acids is 1. The predicted octanol–water partition coefficient (Wildman–Crippen LogP) is 2.39. The van der Waals surface area contributed by atoms with Crippen LogP contribution in [0.15, 0.2) is 29.8 Å². The van der Waals surface area contributed by atoms with E-state index in [-0.39, 0.29) is 11.7 Å². The van der Waals surface area contributed by atoms with E-state index >= 15 is 0 Å². The highest BCUT2D eigenvalue weighted by atomic mass is 16.6. The Balaban J connectivity index is 1.81. The van der Waals surface area contributed by atoms with Gasteiger partial charge in [-0.3, -0.25) is 15.0 Å². The molecule has 0 spiro atoms. The van der Waals surface area contributed by atoms with Crippen molar-refractivity contribution in [2.45, 2.75) is 25.3 Å². The Labute approximate surface area is 128 Å². The summed E-state index contributed by atoms with van der Waals surface area (Å²) < 4.78 is 5.36. The van der Waals surface area contributed by atoms with E-state index in [4.69, 9.17) is 4.74 Å². The summed E-state index contributed by atoms with van der Waals surface area (Å²) in [4.78, 5) is 24.6. The van der Waals surface area contributed by atoms with Crippen molar-refractivity contribution in [2.24, 2.45) is 0 Å². The van der Waals surface area contributed by atoms with Crippen LogP contribution in [0.4, 0.5) is 5.69 Å². The summed E-state index contributed by atoms with van der Waals surface area (Å²) in [6.07, 6.45) is 5.16. The molecule has 2 saturated heterocycles. The van der Waals surface area contributed by atoms with E-state index in [1.165, 1.54) is 18.6 Å². The van der Waals surface area contributed by atoms with Gasteiger partial charge in [0.25, 0.3) is 5.69 Å². The van der Waals surface area contributed by atoms with Crippen molar-refractivity contribution >= 4 is 17.7 Å². The molecule has 2 aliphatic rings. The van der Waals surface area contributed by atoms with Crippen molar-refractivity contribution in [2.75, 3.05) is 19.7 Å². The molecular formula is C16H18N2O4. The Hall–Kier alpha value is -2.21. The number of carbonyl (C=O) groups is 1. The largest absolute Gasteiger partial charge is 0.461 e. The molecule has 1 aromatic rings. The van der Waals surface area contributed by atoms with Gasteiger partial charge in [0.1, 0.15) is 6.61 Å². The first-order valence-electron chi connectivity index (χ1n) is 7.50. The standard InChI is InChI=1S/C16H18N2O4/c19-16-13(9-12-4-6-14(7-5-12)18(20)21)10-17-8-2-1-3-15(17)11-22-16/h4-7,9,15H,1-3,8,10-11H2/b13-9+. The highest BCUT2D eigenvalue weighted by molar-refractivity contribution is 5.94. The predicted molar refractivity (Wildman–Crippen MR) is 81.2 cm³/mol. The molecule has 6 heteroatoms. The van der Waals surface area contributed by atoms with E-state index in [1.54, 1.807) is 18.2 Å². The van der Waals surface area contributed by atoms with Crippen molar-refractivity contribution in [1.82, 2.24) is 4.90 Å². The molecule has 0 amide bonds. The molecule has 1 unspecified atom stereocenters. The number of rotatable bonds is 2. The molecule has 2 fully saturated rings. The van der Waals surface area contributed by atoms with Gasteiger partial charge in [-0.15, -0.1) is 0 Å². The molecule has 1 aromatic carbocycles. The minimum atomic E-state index is -0.435. The van der Waals surface area contributed by atoms with Crippen LogP contribution in [0.3, 0.4) is 0 Å². The number of hydrogen-bond donors (Lipinski definition) is 0. The van der Waals surface area contributed by atoms with E-state index < -0.39 is 4.92 Å². The molecule has 0 aliphatic carbocycles. The van der Waals surface area contributed by atoms with Crippen LogP contribution >= 0.6 is 0 Å². The zero-order chi connectivity index (χ0) is 15.5. The monoisotopic (exact) mass is 302 g/mol. The highest BCUT2D eigenvalue weighted by Gasteiger charge is 2.29. The molecule has 2 heterocycles. The summed E-state index contributed by atoms with van der Waals surface area (Å²) in [6, 6.07) is 6.50. The fraction of sp³-hybridized carbons (Fsp3) is 0.438. The fourth-order valence-corrected chi connectivity index (χ4v) is 3.00. The number of hydrogen-bond acceptors (Lipinski definition) is 5.